The van der Waals surface area contributed by atoms with E-state index in [2.05, 4.69) is 0 Å². The van der Waals surface area contributed by atoms with Crippen LogP contribution in [0.15, 0.2) is 23.8 Å². The Morgan fingerprint density at radius 1 is 1.62 bits per heavy atom. The largest absolute Gasteiger partial charge is 0.392 e. The molecule has 1 rings (SSSR count). The Morgan fingerprint density at radius 3 is 2.81 bits per heavy atom. The van der Waals surface area contributed by atoms with Crippen molar-refractivity contribution in [1.82, 2.24) is 0 Å². The highest BCUT2D eigenvalue weighted by atomic mass is 35.5. The zero-order valence-corrected chi connectivity index (χ0v) is 9.57. The van der Waals surface area contributed by atoms with Crippen LogP contribution in [0, 0.1) is 10.1 Å². The van der Waals surface area contributed by atoms with Crippen molar-refractivity contribution < 1.29 is 10.0 Å². The summed E-state index contributed by atoms with van der Waals surface area (Å²) in [5.41, 5.74) is 1.33. The molecular formula is C11H12ClNO3. The fraction of sp³-hybridized carbons (Fsp3) is 0.273. The normalized spacial score (nSPS) is 11.6. The lowest BCUT2D eigenvalue weighted by Gasteiger charge is -2.02. The van der Waals surface area contributed by atoms with Crippen LogP contribution < -0.4 is 0 Å². The molecule has 1 aromatic carbocycles. The molecule has 1 N–H and O–H groups in total. The molecule has 0 unspecified atom stereocenters. The van der Waals surface area contributed by atoms with Gasteiger partial charge in [-0.2, -0.15) is 0 Å². The summed E-state index contributed by atoms with van der Waals surface area (Å²) >= 11 is 5.91. The maximum Gasteiger partial charge on any atom is 0.270 e. The molecular weight excluding hydrogens is 230 g/mol. The number of non-ortho nitro benzene ring substituents is 1. The van der Waals surface area contributed by atoms with Gasteiger partial charge < -0.3 is 5.11 Å². The molecule has 5 heteroatoms. The number of nitrogens with zero attached hydrogens (tertiary/aromatic N) is 1. The van der Waals surface area contributed by atoms with E-state index < -0.39 is 4.92 Å². The lowest BCUT2D eigenvalue weighted by Crippen LogP contribution is -1.91. The number of hydrogen-bond donors (Lipinski definition) is 1. The number of rotatable bonds is 4. The molecule has 0 spiro atoms. The minimum absolute atomic E-state index is 0.0101. The van der Waals surface area contributed by atoms with Gasteiger partial charge in [0, 0.05) is 17.2 Å². The van der Waals surface area contributed by atoms with Crippen LogP contribution in [0.25, 0.3) is 6.08 Å². The molecule has 1 aromatic rings. The molecule has 0 radical (unpaired) electrons. The van der Waals surface area contributed by atoms with Crippen LogP contribution in [0.1, 0.15) is 18.9 Å². The van der Waals surface area contributed by atoms with Gasteiger partial charge in [-0.25, -0.2) is 0 Å². The molecule has 0 aliphatic carbocycles. The van der Waals surface area contributed by atoms with E-state index in [0.29, 0.717) is 17.0 Å². The first-order valence-electron chi connectivity index (χ1n) is 4.82. The molecule has 0 amide bonds. The van der Waals surface area contributed by atoms with Crippen molar-refractivity contribution >= 4 is 23.4 Å². The van der Waals surface area contributed by atoms with Crippen molar-refractivity contribution in [3.05, 3.63) is 44.5 Å². The summed E-state index contributed by atoms with van der Waals surface area (Å²) in [6, 6.07) is 4.23. The molecule has 0 fully saturated rings. The first-order chi connectivity index (χ1) is 7.58. The number of nitro benzene ring substituents is 1. The van der Waals surface area contributed by atoms with Crippen molar-refractivity contribution in [2.45, 2.75) is 13.3 Å². The molecule has 0 saturated carbocycles. The first-order valence-corrected chi connectivity index (χ1v) is 5.20. The summed E-state index contributed by atoms with van der Waals surface area (Å²) in [6.07, 6.45) is 2.35. The van der Waals surface area contributed by atoms with E-state index in [1.807, 2.05) is 6.92 Å². The second-order valence-electron chi connectivity index (χ2n) is 3.28. The van der Waals surface area contributed by atoms with E-state index in [4.69, 9.17) is 16.7 Å². The van der Waals surface area contributed by atoms with Gasteiger partial charge in [0.25, 0.3) is 5.69 Å². The van der Waals surface area contributed by atoms with Crippen molar-refractivity contribution in [2.75, 3.05) is 6.61 Å². The van der Waals surface area contributed by atoms with E-state index >= 15 is 0 Å². The highest BCUT2D eigenvalue weighted by Gasteiger charge is 2.08. The van der Waals surface area contributed by atoms with Gasteiger partial charge in [0.1, 0.15) is 0 Å². The monoisotopic (exact) mass is 241 g/mol. The van der Waals surface area contributed by atoms with Crippen LogP contribution in [-0.2, 0) is 0 Å². The number of aliphatic hydroxyl groups excluding tert-OH is 1. The summed E-state index contributed by atoms with van der Waals surface area (Å²) in [5.74, 6) is 0. The fourth-order valence-electron chi connectivity index (χ4n) is 1.23. The standard InChI is InChI=1S/C11H12ClNO3/c1-2-8(7-14)5-9-6-10(13(15)16)3-4-11(9)12/h3-6,14H,2,7H2,1H3. The van der Waals surface area contributed by atoms with Crippen LogP contribution >= 0.6 is 11.6 Å². The quantitative estimate of drug-likeness (QED) is 0.651. The van der Waals surface area contributed by atoms with Crippen molar-refractivity contribution in [1.29, 1.82) is 0 Å². The number of benzene rings is 1. The Kier molecular flexibility index (Phi) is 4.46. The second kappa shape index (κ2) is 5.63. The third-order valence-corrected chi connectivity index (χ3v) is 2.55. The zero-order valence-electron chi connectivity index (χ0n) is 8.81. The van der Waals surface area contributed by atoms with Crippen LogP contribution in [0.2, 0.25) is 5.02 Å². The second-order valence-corrected chi connectivity index (χ2v) is 3.68. The molecule has 0 aromatic heterocycles. The molecule has 4 nitrogen and oxygen atoms in total. The number of hydrogen-bond acceptors (Lipinski definition) is 3. The van der Waals surface area contributed by atoms with Crippen molar-refractivity contribution in [3.8, 4) is 0 Å². The molecule has 86 valence electrons. The topological polar surface area (TPSA) is 63.4 Å². The third-order valence-electron chi connectivity index (χ3n) is 2.21. The van der Waals surface area contributed by atoms with E-state index in [-0.39, 0.29) is 12.3 Å². The molecule has 0 saturated heterocycles. The SMILES string of the molecule is CCC(=Cc1cc([N+](=O)[O-])ccc1Cl)CO. The average molecular weight is 242 g/mol. The first kappa shape index (κ1) is 12.7. The summed E-state index contributed by atoms with van der Waals surface area (Å²) in [6.45, 7) is 1.82. The summed E-state index contributed by atoms with van der Waals surface area (Å²) in [5, 5.41) is 20.0. The maximum atomic E-state index is 10.6. The van der Waals surface area contributed by atoms with Crippen LogP contribution in [0.4, 0.5) is 5.69 Å². The Morgan fingerprint density at radius 2 is 2.31 bits per heavy atom. The Balaban J connectivity index is 3.16. The predicted octanol–water partition coefficient (Wildman–Crippen LogP) is 3.03. The van der Waals surface area contributed by atoms with Gasteiger partial charge >= 0.3 is 0 Å². The van der Waals surface area contributed by atoms with Gasteiger partial charge in [0.05, 0.1) is 11.5 Å². The number of halogens is 1. The minimum atomic E-state index is -0.474. The lowest BCUT2D eigenvalue weighted by atomic mass is 10.1. The molecule has 0 aliphatic rings. The number of aliphatic hydroxyl groups is 1. The zero-order chi connectivity index (χ0) is 12.1. The van der Waals surface area contributed by atoms with Crippen LogP contribution in [0.3, 0.4) is 0 Å². The van der Waals surface area contributed by atoms with Gasteiger partial charge in [0.15, 0.2) is 0 Å². The smallest absolute Gasteiger partial charge is 0.270 e. The highest BCUT2D eigenvalue weighted by Crippen LogP contribution is 2.24. The van der Waals surface area contributed by atoms with Crippen molar-refractivity contribution in [2.24, 2.45) is 0 Å². The van der Waals surface area contributed by atoms with Gasteiger partial charge in [-0.15, -0.1) is 0 Å². The summed E-state index contributed by atoms with van der Waals surface area (Å²) < 4.78 is 0. The van der Waals surface area contributed by atoms with Gasteiger partial charge in [-0.1, -0.05) is 24.6 Å². The van der Waals surface area contributed by atoms with E-state index in [1.54, 1.807) is 6.08 Å². The van der Waals surface area contributed by atoms with E-state index in [9.17, 15) is 10.1 Å². The van der Waals surface area contributed by atoms with Crippen LogP contribution in [-0.4, -0.2) is 16.6 Å². The van der Waals surface area contributed by atoms with E-state index in [0.717, 1.165) is 5.57 Å². The molecule has 16 heavy (non-hydrogen) atoms. The van der Waals surface area contributed by atoms with E-state index in [1.165, 1.54) is 18.2 Å². The predicted molar refractivity (Wildman–Crippen MR) is 63.5 cm³/mol. The van der Waals surface area contributed by atoms with Gasteiger partial charge in [0.2, 0.25) is 0 Å². The van der Waals surface area contributed by atoms with Crippen molar-refractivity contribution in [3.63, 3.8) is 0 Å². The third kappa shape index (κ3) is 3.05. The average Bonchev–Trinajstić information content (AvgIpc) is 2.27. The molecule has 0 heterocycles. The molecule has 0 aliphatic heterocycles. The van der Waals surface area contributed by atoms with Gasteiger partial charge in [-0.05, 0) is 23.6 Å². The number of nitro groups is 1. The maximum absolute atomic E-state index is 10.6. The van der Waals surface area contributed by atoms with Gasteiger partial charge in [-0.3, -0.25) is 10.1 Å². The highest BCUT2D eigenvalue weighted by molar-refractivity contribution is 6.32. The lowest BCUT2D eigenvalue weighted by molar-refractivity contribution is -0.384. The Hall–Kier alpha value is -1.39. The Bertz CT molecular complexity index is 423. The molecule has 0 bridgehead atoms. The fourth-order valence-corrected chi connectivity index (χ4v) is 1.41. The Labute approximate surface area is 98.3 Å². The summed E-state index contributed by atoms with van der Waals surface area (Å²) in [7, 11) is 0. The minimum Gasteiger partial charge on any atom is -0.392 e. The summed E-state index contributed by atoms with van der Waals surface area (Å²) in [4.78, 5) is 10.1. The van der Waals surface area contributed by atoms with Crippen LogP contribution in [0.5, 0.6) is 0 Å². The molecule has 0 atom stereocenters.